The molecule has 12 nitrogen and oxygen atoms in total. The van der Waals surface area contributed by atoms with Gasteiger partial charge in [-0.1, -0.05) is 12.1 Å². The summed E-state index contributed by atoms with van der Waals surface area (Å²) >= 11 is 2.95. The van der Waals surface area contributed by atoms with Crippen LogP contribution in [0.2, 0.25) is 0 Å². The molecule has 4 aromatic rings. The Kier molecular flexibility index (Phi) is 8.08. The van der Waals surface area contributed by atoms with Gasteiger partial charge in [0.2, 0.25) is 0 Å². The first-order chi connectivity index (χ1) is 31.0. The number of carbonyl (C=O) groups excluding carboxylic acids is 4. The minimum Gasteiger partial charge on any atom is -0.477 e. The van der Waals surface area contributed by atoms with E-state index < -0.39 is 46.2 Å². The number of carbonyl (C=O) groups is 4. The van der Waals surface area contributed by atoms with E-state index in [1.807, 2.05) is 24.3 Å². The highest BCUT2D eigenvalue weighted by atomic mass is 32.1. The highest BCUT2D eigenvalue weighted by Gasteiger charge is 2.75. The van der Waals surface area contributed by atoms with Gasteiger partial charge in [0.1, 0.15) is 0 Å². The Labute approximate surface area is 377 Å². The summed E-state index contributed by atoms with van der Waals surface area (Å²) in [5.41, 5.74) is 0.0150. The lowest BCUT2D eigenvalue weighted by atomic mass is 9.49. The quantitative estimate of drug-likeness (QED) is 0.152. The first-order valence-electron chi connectivity index (χ1n) is 23.5. The lowest BCUT2D eigenvalue weighted by Gasteiger charge is -2.62. The van der Waals surface area contributed by atoms with Crippen molar-refractivity contribution in [3.8, 4) is 23.0 Å². The Morgan fingerprint density at radius 2 is 1.09 bits per heavy atom. The molecule has 14 heteroatoms. The van der Waals surface area contributed by atoms with Crippen molar-refractivity contribution in [1.82, 2.24) is 9.80 Å². The number of likely N-dealkylation sites (tertiary alicyclic amines) is 2. The molecule has 2 N–H and O–H groups in total. The standard InChI is InChI=1S/C50H50N2O10S2/c53-31-9-11-49(57)37-17-27-5-7-33(43-41(27)47(49,45(31)61-43)13-15-51(37)23-25-1-2-25)59-39(55)21-29-19-35-36(63-29)20-30(64-35)22-40(56)60-34-8-6-28-18-38-50(58)12-10-32(54)46-48(50,42(28)44(34)62-46)14-16-52(38)24-26-3-4-26/h5-8,19-20,25-26,37-38,45-46,57-58H,1-4,9-18,21-24H2/t37-,38-,45+,46+,47+,48+,49-,50-/m1/s1. The third-order valence-corrected chi connectivity index (χ3v) is 19.8. The van der Waals surface area contributed by atoms with Crippen molar-refractivity contribution in [1.29, 1.82) is 0 Å². The molecule has 0 amide bonds. The lowest BCUT2D eigenvalue weighted by molar-refractivity contribution is -0.188. The number of ether oxygens (including phenoxy) is 4. The van der Waals surface area contributed by atoms with Gasteiger partial charge in [0, 0.05) is 68.3 Å². The van der Waals surface area contributed by atoms with Crippen LogP contribution in [0.25, 0.3) is 9.40 Å². The van der Waals surface area contributed by atoms with E-state index in [-0.39, 0.29) is 49.3 Å². The van der Waals surface area contributed by atoms with Crippen molar-refractivity contribution in [3.05, 3.63) is 68.4 Å². The van der Waals surface area contributed by atoms with E-state index in [0.717, 1.165) is 67.6 Å². The van der Waals surface area contributed by atoms with Crippen LogP contribution in [0.15, 0.2) is 36.4 Å². The molecule has 2 spiro atoms. The van der Waals surface area contributed by atoms with E-state index in [1.54, 1.807) is 12.1 Å². The van der Waals surface area contributed by atoms with Crippen LogP contribution in [-0.4, -0.2) is 105 Å². The molecule has 4 bridgehead atoms. The molecule has 6 aliphatic carbocycles. The third-order valence-electron chi connectivity index (χ3n) is 17.5. The summed E-state index contributed by atoms with van der Waals surface area (Å²) in [5.74, 6) is 1.95. The number of thiophene rings is 2. The molecule has 4 saturated carbocycles. The molecule has 10 aliphatic rings. The summed E-state index contributed by atoms with van der Waals surface area (Å²) in [7, 11) is 0. The molecule has 0 radical (unpaired) electrons. The van der Waals surface area contributed by atoms with Gasteiger partial charge in [0.05, 0.1) is 34.9 Å². The molecule has 332 valence electrons. The zero-order valence-corrected chi connectivity index (χ0v) is 37.2. The van der Waals surface area contributed by atoms with Gasteiger partial charge in [0.25, 0.3) is 0 Å². The Hall–Kier alpha value is -4.18. The number of nitrogens with zero attached hydrogens (tertiary/aromatic N) is 2. The molecule has 14 rings (SSSR count). The maximum absolute atomic E-state index is 13.6. The molecule has 2 saturated heterocycles. The second-order valence-electron chi connectivity index (χ2n) is 20.8. The fourth-order valence-corrected chi connectivity index (χ4v) is 16.8. The zero-order chi connectivity index (χ0) is 43.1. The van der Waals surface area contributed by atoms with Crippen molar-refractivity contribution in [2.45, 2.75) is 136 Å². The number of esters is 2. The van der Waals surface area contributed by atoms with E-state index in [1.165, 1.54) is 48.4 Å². The average Bonchev–Trinajstić information content (AvgIpc) is 4.11. The number of hydrogen-bond donors (Lipinski definition) is 2. The van der Waals surface area contributed by atoms with Gasteiger partial charge in [-0.2, -0.15) is 0 Å². The van der Waals surface area contributed by atoms with Crippen molar-refractivity contribution in [2.24, 2.45) is 11.8 Å². The minimum absolute atomic E-state index is 0.00385. The smallest absolute Gasteiger partial charge is 0.316 e. The summed E-state index contributed by atoms with van der Waals surface area (Å²) in [6.45, 7) is 3.58. The van der Waals surface area contributed by atoms with Crippen LogP contribution >= 0.6 is 22.7 Å². The Balaban J connectivity index is 0.674. The second-order valence-corrected chi connectivity index (χ2v) is 23.2. The van der Waals surface area contributed by atoms with E-state index in [0.29, 0.717) is 73.4 Å². The van der Waals surface area contributed by atoms with E-state index in [9.17, 15) is 29.4 Å². The van der Waals surface area contributed by atoms with Crippen LogP contribution in [0, 0.1) is 11.8 Å². The predicted octanol–water partition coefficient (Wildman–Crippen LogP) is 5.53. The highest BCUT2D eigenvalue weighted by molar-refractivity contribution is 7.27. The molecule has 2 aromatic carbocycles. The van der Waals surface area contributed by atoms with Crippen LogP contribution in [0.4, 0.5) is 0 Å². The topological polar surface area (TPSA) is 152 Å². The summed E-state index contributed by atoms with van der Waals surface area (Å²) in [6.07, 6.45) is 7.44. The van der Waals surface area contributed by atoms with Crippen LogP contribution in [0.1, 0.15) is 96.2 Å². The van der Waals surface area contributed by atoms with Gasteiger partial charge in [-0.25, -0.2) is 0 Å². The molecular weight excluding hydrogens is 853 g/mol. The zero-order valence-electron chi connectivity index (χ0n) is 35.5. The number of Topliss-reactive ketones (excluding diaryl/α,β-unsaturated/α-hetero) is 2. The number of aliphatic hydroxyl groups is 2. The van der Waals surface area contributed by atoms with Gasteiger partial charge >= 0.3 is 11.9 Å². The molecule has 6 heterocycles. The van der Waals surface area contributed by atoms with E-state index in [4.69, 9.17) is 18.9 Å². The van der Waals surface area contributed by atoms with Crippen molar-refractivity contribution < 1.29 is 48.3 Å². The number of fused-ring (bicyclic) bond motifs is 1. The SMILES string of the molecule is O=C(Cc1cc2sc(CC(=O)Oc3ccc4c5c3O[C@H]3C(=O)CC[C@@]6(O)[C@@H](C4)N(CC4CC4)CC[C@]536)cc2s1)Oc1ccc2c3c1O[C@H]1C(=O)CC[C@@]4(O)[C@@H](C2)N(CC2CC2)CC[C@]314. The molecule has 6 fully saturated rings. The van der Waals surface area contributed by atoms with Gasteiger partial charge in [-0.3, -0.25) is 29.0 Å². The number of piperidine rings is 2. The van der Waals surface area contributed by atoms with Crippen molar-refractivity contribution >= 4 is 55.6 Å². The first-order valence-corrected chi connectivity index (χ1v) is 25.2. The van der Waals surface area contributed by atoms with Crippen molar-refractivity contribution in [3.63, 3.8) is 0 Å². The molecular formula is C50H50N2O10S2. The van der Waals surface area contributed by atoms with Crippen LogP contribution in [0.5, 0.6) is 23.0 Å². The highest BCUT2D eigenvalue weighted by Crippen LogP contribution is 2.67. The van der Waals surface area contributed by atoms with Crippen LogP contribution in [0.3, 0.4) is 0 Å². The predicted molar refractivity (Wildman–Crippen MR) is 235 cm³/mol. The number of ketones is 2. The average molecular weight is 903 g/mol. The third kappa shape index (κ3) is 5.18. The Morgan fingerprint density at radius 3 is 1.52 bits per heavy atom. The number of hydrogen-bond acceptors (Lipinski definition) is 14. The van der Waals surface area contributed by atoms with E-state index >= 15 is 0 Å². The lowest BCUT2D eigenvalue weighted by Crippen LogP contribution is -2.76. The molecule has 0 unspecified atom stereocenters. The van der Waals surface area contributed by atoms with Gasteiger partial charge in [-0.05, 0) is 125 Å². The van der Waals surface area contributed by atoms with Crippen LogP contribution in [-0.2, 0) is 55.7 Å². The summed E-state index contributed by atoms with van der Waals surface area (Å²) in [4.78, 5) is 60.8. The van der Waals surface area contributed by atoms with Crippen LogP contribution < -0.4 is 18.9 Å². The summed E-state index contributed by atoms with van der Waals surface area (Å²) < 4.78 is 27.0. The number of rotatable bonds is 10. The monoisotopic (exact) mass is 902 g/mol. The maximum atomic E-state index is 13.6. The fourth-order valence-electron chi connectivity index (χ4n) is 14.4. The largest absolute Gasteiger partial charge is 0.477 e. The molecule has 8 atom stereocenters. The van der Waals surface area contributed by atoms with Gasteiger partial charge in [0.15, 0.2) is 46.8 Å². The Bertz CT molecular complexity index is 2560. The molecule has 4 aliphatic heterocycles. The molecule has 64 heavy (non-hydrogen) atoms. The number of benzene rings is 2. The maximum Gasteiger partial charge on any atom is 0.316 e. The Morgan fingerprint density at radius 1 is 0.656 bits per heavy atom. The second kappa shape index (κ2) is 13.3. The summed E-state index contributed by atoms with van der Waals surface area (Å²) in [6, 6.07) is 11.4. The van der Waals surface area contributed by atoms with Gasteiger partial charge < -0.3 is 29.2 Å². The first kappa shape index (κ1) is 39.0. The molecule has 2 aromatic heterocycles. The summed E-state index contributed by atoms with van der Waals surface area (Å²) in [5, 5.41) is 25.2. The van der Waals surface area contributed by atoms with Gasteiger partial charge in [-0.15, -0.1) is 22.7 Å². The van der Waals surface area contributed by atoms with Crippen molar-refractivity contribution in [2.75, 3.05) is 26.2 Å². The van der Waals surface area contributed by atoms with E-state index in [2.05, 4.69) is 9.80 Å². The normalized spacial score (nSPS) is 35.2. The minimum atomic E-state index is -1.09. The fraction of sp³-hybridized carbons (Fsp3) is 0.560.